The number of carbonyl (C=O) groups is 1. The molecule has 2 rings (SSSR count). The summed E-state index contributed by atoms with van der Waals surface area (Å²) < 4.78 is 36.5. The first-order chi connectivity index (χ1) is 12.4. The predicted molar refractivity (Wildman–Crippen MR) is 106 cm³/mol. The van der Waals surface area contributed by atoms with Gasteiger partial charge in [0, 0.05) is 32.7 Å². The van der Waals surface area contributed by atoms with E-state index in [4.69, 9.17) is 9.47 Å². The summed E-state index contributed by atoms with van der Waals surface area (Å²) in [7, 11) is -1.78. The summed E-state index contributed by atoms with van der Waals surface area (Å²) >= 11 is 0. The molecule has 0 radical (unpaired) electrons. The van der Waals surface area contributed by atoms with E-state index in [0.29, 0.717) is 24.6 Å². The van der Waals surface area contributed by atoms with Crippen LogP contribution in [-0.2, 0) is 14.8 Å². The fraction of sp³-hybridized carbons (Fsp3) is 0.588. The largest absolute Gasteiger partial charge is 0.497 e. The fourth-order valence-corrected chi connectivity index (χ4v) is 3.98. The maximum atomic E-state index is 12.3. The minimum absolute atomic E-state index is 0. The molecule has 1 amide bonds. The molecular weight excluding hydrogens is 394 g/mol. The lowest BCUT2D eigenvalue weighted by atomic mass is 10.3. The van der Waals surface area contributed by atoms with Crippen LogP contribution in [0.25, 0.3) is 0 Å². The van der Waals surface area contributed by atoms with Gasteiger partial charge in [-0.3, -0.25) is 4.79 Å². The van der Waals surface area contributed by atoms with Crippen molar-refractivity contribution in [3.05, 3.63) is 24.3 Å². The second kappa shape index (κ2) is 11.3. The van der Waals surface area contributed by atoms with Gasteiger partial charge in [0.25, 0.3) is 5.91 Å². The van der Waals surface area contributed by atoms with Crippen LogP contribution in [0.2, 0.25) is 0 Å². The maximum Gasteiger partial charge on any atom is 0.257 e. The van der Waals surface area contributed by atoms with Crippen molar-refractivity contribution >= 4 is 28.3 Å². The second-order valence-corrected chi connectivity index (χ2v) is 8.05. The Balaban J connectivity index is 0.00000364. The van der Waals surface area contributed by atoms with E-state index in [1.54, 1.807) is 31.4 Å². The number of methoxy groups -OCH3 is 1. The third-order valence-electron chi connectivity index (χ3n) is 4.28. The number of halogens is 1. The molecule has 27 heavy (non-hydrogen) atoms. The van der Waals surface area contributed by atoms with E-state index in [9.17, 15) is 13.2 Å². The van der Waals surface area contributed by atoms with Crippen LogP contribution in [-0.4, -0.2) is 82.3 Å². The lowest BCUT2D eigenvalue weighted by Gasteiger charge is -2.33. The Morgan fingerprint density at radius 1 is 1.11 bits per heavy atom. The molecule has 1 aromatic rings. The van der Waals surface area contributed by atoms with Crippen LogP contribution < -0.4 is 14.8 Å². The summed E-state index contributed by atoms with van der Waals surface area (Å²) in [6, 6.07) is 6.87. The monoisotopic (exact) mass is 421 g/mol. The zero-order chi connectivity index (χ0) is 19.0. The van der Waals surface area contributed by atoms with Gasteiger partial charge in [-0.05, 0) is 30.8 Å². The summed E-state index contributed by atoms with van der Waals surface area (Å²) in [5.74, 6) is 0.786. The Morgan fingerprint density at radius 3 is 2.26 bits per heavy atom. The van der Waals surface area contributed by atoms with Crippen LogP contribution in [0.1, 0.15) is 6.92 Å². The molecule has 0 unspecified atom stereocenters. The summed E-state index contributed by atoms with van der Waals surface area (Å²) in [6.45, 7) is 5.40. The molecule has 0 aromatic heterocycles. The number of hydrogen-bond donors (Lipinski definition) is 1. The molecule has 0 bridgehead atoms. The number of carbonyl (C=O) groups excluding carboxylic acids is 1. The van der Waals surface area contributed by atoms with Crippen LogP contribution in [0.5, 0.6) is 11.5 Å². The highest BCUT2D eigenvalue weighted by atomic mass is 35.5. The van der Waals surface area contributed by atoms with Crippen molar-refractivity contribution in [2.75, 3.05) is 58.7 Å². The van der Waals surface area contributed by atoms with Gasteiger partial charge in [0.1, 0.15) is 11.5 Å². The average molecular weight is 422 g/mol. The van der Waals surface area contributed by atoms with Gasteiger partial charge in [0.05, 0.1) is 12.9 Å². The quantitative estimate of drug-likeness (QED) is 0.627. The summed E-state index contributed by atoms with van der Waals surface area (Å²) in [6.07, 6.45) is 0. The Morgan fingerprint density at radius 2 is 1.70 bits per heavy atom. The van der Waals surface area contributed by atoms with Crippen LogP contribution in [0.4, 0.5) is 0 Å². The molecule has 10 heteroatoms. The van der Waals surface area contributed by atoms with Gasteiger partial charge in [-0.15, -0.1) is 12.4 Å². The lowest BCUT2D eigenvalue weighted by molar-refractivity contribution is -0.122. The van der Waals surface area contributed by atoms with Crippen molar-refractivity contribution in [1.29, 1.82) is 0 Å². The van der Waals surface area contributed by atoms with Crippen LogP contribution in [0.3, 0.4) is 0 Å². The van der Waals surface area contributed by atoms with Crippen molar-refractivity contribution < 1.29 is 22.7 Å². The molecule has 0 aliphatic carbocycles. The van der Waals surface area contributed by atoms with E-state index in [0.717, 1.165) is 19.6 Å². The first-order valence-corrected chi connectivity index (χ1v) is 10.3. The molecule has 0 spiro atoms. The standard InChI is InChI=1S/C17H27N3O5S.ClH/c1-3-19-9-11-20(12-10-19)26(22,23)13-8-18-17(21)14-25-16-6-4-15(24-2)5-7-16;/h4-7H,3,8-14H2,1-2H3,(H,18,21);1H. The molecule has 1 fully saturated rings. The van der Waals surface area contributed by atoms with E-state index in [1.807, 2.05) is 0 Å². The molecule has 1 N–H and O–H groups in total. The second-order valence-electron chi connectivity index (χ2n) is 5.96. The smallest absolute Gasteiger partial charge is 0.257 e. The molecule has 1 aliphatic rings. The third kappa shape index (κ3) is 7.53. The highest BCUT2D eigenvalue weighted by Gasteiger charge is 2.26. The van der Waals surface area contributed by atoms with Crippen LogP contribution in [0.15, 0.2) is 24.3 Å². The fourth-order valence-electron chi connectivity index (χ4n) is 2.64. The first kappa shape index (κ1) is 23.5. The Bertz CT molecular complexity index is 676. The van der Waals surface area contributed by atoms with E-state index < -0.39 is 10.0 Å². The van der Waals surface area contributed by atoms with Gasteiger partial charge < -0.3 is 19.7 Å². The molecule has 154 valence electrons. The lowest BCUT2D eigenvalue weighted by Crippen LogP contribution is -2.50. The number of piperazine rings is 1. The number of rotatable bonds is 9. The van der Waals surface area contributed by atoms with Gasteiger partial charge >= 0.3 is 0 Å². The minimum Gasteiger partial charge on any atom is -0.497 e. The SMILES string of the molecule is CCN1CCN(S(=O)(=O)CCNC(=O)COc2ccc(OC)cc2)CC1.Cl. The Labute approximate surface area is 167 Å². The average Bonchev–Trinajstić information content (AvgIpc) is 2.66. The van der Waals surface area contributed by atoms with Crippen LogP contribution in [0, 0.1) is 0 Å². The van der Waals surface area contributed by atoms with Crippen molar-refractivity contribution in [1.82, 2.24) is 14.5 Å². The molecular formula is C17H28ClN3O5S. The highest BCUT2D eigenvalue weighted by molar-refractivity contribution is 7.89. The van der Waals surface area contributed by atoms with Gasteiger partial charge in [0.2, 0.25) is 10.0 Å². The number of sulfonamides is 1. The normalized spacial score (nSPS) is 15.6. The highest BCUT2D eigenvalue weighted by Crippen LogP contribution is 2.16. The number of benzene rings is 1. The molecule has 1 saturated heterocycles. The maximum absolute atomic E-state index is 12.3. The molecule has 0 atom stereocenters. The summed E-state index contributed by atoms with van der Waals surface area (Å²) in [5.41, 5.74) is 0. The number of amides is 1. The topological polar surface area (TPSA) is 88.2 Å². The van der Waals surface area contributed by atoms with Crippen LogP contribution >= 0.6 is 12.4 Å². The molecule has 1 aliphatic heterocycles. The molecule has 0 saturated carbocycles. The van der Waals surface area contributed by atoms with Gasteiger partial charge in [-0.1, -0.05) is 6.92 Å². The van der Waals surface area contributed by atoms with Gasteiger partial charge in [0.15, 0.2) is 6.61 Å². The number of ether oxygens (including phenoxy) is 2. The van der Waals surface area contributed by atoms with Crippen molar-refractivity contribution in [2.45, 2.75) is 6.92 Å². The number of nitrogens with zero attached hydrogens (tertiary/aromatic N) is 2. The minimum atomic E-state index is -3.35. The van der Waals surface area contributed by atoms with Crippen molar-refractivity contribution in [2.24, 2.45) is 0 Å². The Kier molecular flexibility index (Phi) is 9.86. The summed E-state index contributed by atoms with van der Waals surface area (Å²) in [5, 5.41) is 2.59. The number of hydrogen-bond acceptors (Lipinski definition) is 6. The van der Waals surface area contributed by atoms with E-state index in [-0.39, 0.29) is 37.2 Å². The summed E-state index contributed by atoms with van der Waals surface area (Å²) in [4.78, 5) is 14.0. The van der Waals surface area contributed by atoms with Gasteiger partial charge in [-0.25, -0.2) is 8.42 Å². The van der Waals surface area contributed by atoms with Gasteiger partial charge in [-0.2, -0.15) is 4.31 Å². The zero-order valence-corrected chi connectivity index (χ0v) is 17.4. The predicted octanol–water partition coefficient (Wildman–Crippen LogP) is 0.579. The third-order valence-corrected chi connectivity index (χ3v) is 6.16. The number of nitrogens with one attached hydrogen (secondary N) is 1. The Hall–Kier alpha value is -1.55. The first-order valence-electron chi connectivity index (χ1n) is 8.68. The zero-order valence-electron chi connectivity index (χ0n) is 15.7. The molecule has 8 nitrogen and oxygen atoms in total. The number of likely N-dealkylation sites (N-methyl/N-ethyl adjacent to an activating group) is 1. The van der Waals surface area contributed by atoms with E-state index in [1.165, 1.54) is 4.31 Å². The van der Waals surface area contributed by atoms with Crippen molar-refractivity contribution in [3.63, 3.8) is 0 Å². The van der Waals surface area contributed by atoms with E-state index >= 15 is 0 Å². The molecule has 1 aromatic carbocycles. The van der Waals surface area contributed by atoms with E-state index in [2.05, 4.69) is 17.1 Å². The molecule has 1 heterocycles. The van der Waals surface area contributed by atoms with Crippen molar-refractivity contribution in [3.8, 4) is 11.5 Å².